The van der Waals surface area contributed by atoms with Crippen LogP contribution in [-0.4, -0.2) is 21.6 Å². The van der Waals surface area contributed by atoms with Crippen molar-refractivity contribution in [2.75, 3.05) is 12.4 Å². The van der Waals surface area contributed by atoms with Gasteiger partial charge in [-0.15, -0.1) is 0 Å². The Morgan fingerprint density at radius 2 is 2.22 bits per heavy atom. The first-order valence-electron chi connectivity index (χ1n) is 5.46. The molecule has 0 aliphatic rings. The zero-order valence-corrected chi connectivity index (χ0v) is 11.7. The van der Waals surface area contributed by atoms with Crippen LogP contribution in [0.5, 0.6) is 0 Å². The molecule has 0 radical (unpaired) electrons. The monoisotopic (exact) mass is 308 g/mol. The van der Waals surface area contributed by atoms with Crippen LogP contribution in [0.15, 0.2) is 33.9 Å². The van der Waals surface area contributed by atoms with E-state index in [4.69, 9.17) is 0 Å². The van der Waals surface area contributed by atoms with Crippen molar-refractivity contribution in [3.05, 3.63) is 50.9 Å². The predicted molar refractivity (Wildman–Crippen MR) is 73.8 cm³/mol. The van der Waals surface area contributed by atoms with Gasteiger partial charge in [0.2, 0.25) is 0 Å². The minimum atomic E-state index is -0.0980. The number of nitrogens with zero attached hydrogens (tertiary/aromatic N) is 3. The molecule has 0 bridgehead atoms. The van der Waals surface area contributed by atoms with Gasteiger partial charge in [0.15, 0.2) is 0 Å². The fourth-order valence-corrected chi connectivity index (χ4v) is 1.88. The molecule has 1 N–H and O–H groups in total. The Kier molecular flexibility index (Phi) is 3.76. The number of hydrogen-bond donors (Lipinski definition) is 1. The fraction of sp³-hybridized carbons (Fsp3) is 0.250. The van der Waals surface area contributed by atoms with Gasteiger partial charge in [0.25, 0.3) is 5.56 Å². The van der Waals surface area contributed by atoms with Crippen molar-refractivity contribution in [2.24, 2.45) is 0 Å². The third-order valence-electron chi connectivity index (χ3n) is 2.59. The van der Waals surface area contributed by atoms with Gasteiger partial charge in [-0.05, 0) is 35.0 Å². The Bertz CT molecular complexity index is 624. The van der Waals surface area contributed by atoms with Crippen LogP contribution in [0.3, 0.4) is 0 Å². The highest BCUT2D eigenvalue weighted by atomic mass is 79.9. The summed E-state index contributed by atoms with van der Waals surface area (Å²) in [5, 5.41) is 3.04. The summed E-state index contributed by atoms with van der Waals surface area (Å²) in [7, 11) is 1.84. The molecule has 0 aromatic carbocycles. The standard InChI is InChI=1S/C12H13BrN4O/c1-8-11(13)12(18)17(7-16-8)6-10-5-9(14-2)3-4-15-10/h3-5,7H,6H2,1-2H3,(H,14,15). The average Bonchev–Trinajstić information content (AvgIpc) is 2.40. The van der Waals surface area contributed by atoms with E-state index >= 15 is 0 Å². The molecule has 18 heavy (non-hydrogen) atoms. The zero-order chi connectivity index (χ0) is 13.1. The number of anilines is 1. The minimum absolute atomic E-state index is 0.0980. The number of nitrogens with one attached hydrogen (secondary N) is 1. The van der Waals surface area contributed by atoms with Crippen LogP contribution in [0.25, 0.3) is 0 Å². The molecule has 94 valence electrons. The Hall–Kier alpha value is -1.69. The van der Waals surface area contributed by atoms with Crippen molar-refractivity contribution in [2.45, 2.75) is 13.5 Å². The zero-order valence-electron chi connectivity index (χ0n) is 10.1. The van der Waals surface area contributed by atoms with E-state index < -0.39 is 0 Å². The van der Waals surface area contributed by atoms with Gasteiger partial charge in [-0.1, -0.05) is 0 Å². The third kappa shape index (κ3) is 2.59. The lowest BCUT2D eigenvalue weighted by atomic mass is 10.3. The van der Waals surface area contributed by atoms with Crippen LogP contribution in [0.4, 0.5) is 5.69 Å². The molecule has 0 unspecified atom stereocenters. The summed E-state index contributed by atoms with van der Waals surface area (Å²) in [6.45, 7) is 2.19. The SMILES string of the molecule is CNc1ccnc(Cn2cnc(C)c(Br)c2=O)c1. The second-order valence-electron chi connectivity index (χ2n) is 3.86. The van der Waals surface area contributed by atoms with Crippen molar-refractivity contribution in [1.82, 2.24) is 14.5 Å². The number of halogens is 1. The number of aryl methyl sites for hydroxylation is 1. The van der Waals surface area contributed by atoms with Crippen LogP contribution in [0.1, 0.15) is 11.4 Å². The van der Waals surface area contributed by atoms with Crippen LogP contribution in [0, 0.1) is 6.92 Å². The van der Waals surface area contributed by atoms with Crippen LogP contribution < -0.4 is 10.9 Å². The average molecular weight is 309 g/mol. The normalized spacial score (nSPS) is 10.4. The third-order valence-corrected chi connectivity index (χ3v) is 3.51. The Morgan fingerprint density at radius 3 is 2.94 bits per heavy atom. The second kappa shape index (κ2) is 5.30. The molecule has 0 spiro atoms. The number of rotatable bonds is 3. The van der Waals surface area contributed by atoms with Gasteiger partial charge >= 0.3 is 0 Å². The Balaban J connectivity index is 2.34. The molecule has 6 heteroatoms. The summed E-state index contributed by atoms with van der Waals surface area (Å²) in [5.74, 6) is 0. The number of aromatic nitrogens is 3. The van der Waals surface area contributed by atoms with E-state index in [1.807, 2.05) is 19.2 Å². The first-order chi connectivity index (χ1) is 8.61. The molecule has 0 atom stereocenters. The van der Waals surface area contributed by atoms with E-state index in [1.165, 1.54) is 10.9 Å². The van der Waals surface area contributed by atoms with E-state index in [0.717, 1.165) is 11.4 Å². The van der Waals surface area contributed by atoms with Gasteiger partial charge in [-0.2, -0.15) is 0 Å². The van der Waals surface area contributed by atoms with Crippen LogP contribution >= 0.6 is 15.9 Å². The smallest absolute Gasteiger partial charge is 0.268 e. The molecule has 0 saturated carbocycles. The second-order valence-corrected chi connectivity index (χ2v) is 4.66. The first-order valence-corrected chi connectivity index (χ1v) is 6.25. The largest absolute Gasteiger partial charge is 0.388 e. The molecule has 0 fully saturated rings. The van der Waals surface area contributed by atoms with Gasteiger partial charge in [-0.25, -0.2) is 4.98 Å². The van der Waals surface area contributed by atoms with Gasteiger partial charge in [0, 0.05) is 18.9 Å². The molecule has 2 aromatic rings. The number of pyridine rings is 1. The maximum absolute atomic E-state index is 12.0. The van der Waals surface area contributed by atoms with Crippen molar-refractivity contribution in [3.63, 3.8) is 0 Å². The van der Waals surface area contributed by atoms with E-state index in [0.29, 0.717) is 16.7 Å². The molecular weight excluding hydrogens is 296 g/mol. The molecule has 2 aromatic heterocycles. The Labute approximate surface area is 113 Å². The Morgan fingerprint density at radius 1 is 1.44 bits per heavy atom. The summed E-state index contributed by atoms with van der Waals surface area (Å²) in [6, 6.07) is 3.77. The van der Waals surface area contributed by atoms with E-state index in [1.54, 1.807) is 13.1 Å². The summed E-state index contributed by atoms with van der Waals surface area (Å²) in [6.07, 6.45) is 3.25. The fourth-order valence-electron chi connectivity index (χ4n) is 1.55. The van der Waals surface area contributed by atoms with E-state index in [-0.39, 0.29) is 5.56 Å². The molecule has 0 amide bonds. The molecule has 0 aliphatic heterocycles. The van der Waals surface area contributed by atoms with Crippen molar-refractivity contribution >= 4 is 21.6 Å². The highest BCUT2D eigenvalue weighted by Gasteiger charge is 2.06. The predicted octanol–water partition coefficient (Wildman–Crippen LogP) is 1.80. The quantitative estimate of drug-likeness (QED) is 0.939. The molecule has 0 aliphatic carbocycles. The van der Waals surface area contributed by atoms with Gasteiger partial charge in [-0.3, -0.25) is 14.3 Å². The molecule has 0 saturated heterocycles. The number of hydrogen-bond acceptors (Lipinski definition) is 4. The van der Waals surface area contributed by atoms with Crippen LogP contribution in [0.2, 0.25) is 0 Å². The minimum Gasteiger partial charge on any atom is -0.388 e. The maximum Gasteiger partial charge on any atom is 0.268 e. The molecule has 2 rings (SSSR count). The lowest BCUT2D eigenvalue weighted by Gasteiger charge is -2.07. The van der Waals surface area contributed by atoms with Crippen molar-refractivity contribution in [3.8, 4) is 0 Å². The van der Waals surface area contributed by atoms with Crippen molar-refractivity contribution in [1.29, 1.82) is 0 Å². The molecular formula is C12H13BrN4O. The summed E-state index contributed by atoms with van der Waals surface area (Å²) in [4.78, 5) is 20.4. The highest BCUT2D eigenvalue weighted by molar-refractivity contribution is 9.10. The maximum atomic E-state index is 12.0. The van der Waals surface area contributed by atoms with Crippen LogP contribution in [-0.2, 0) is 6.54 Å². The molecule has 5 nitrogen and oxygen atoms in total. The van der Waals surface area contributed by atoms with Gasteiger partial charge < -0.3 is 5.32 Å². The highest BCUT2D eigenvalue weighted by Crippen LogP contribution is 2.09. The lowest BCUT2D eigenvalue weighted by molar-refractivity contribution is 0.709. The first kappa shape index (κ1) is 12.8. The topological polar surface area (TPSA) is 59.8 Å². The van der Waals surface area contributed by atoms with E-state index in [9.17, 15) is 4.79 Å². The lowest BCUT2D eigenvalue weighted by Crippen LogP contribution is -2.23. The van der Waals surface area contributed by atoms with E-state index in [2.05, 4.69) is 31.2 Å². The summed E-state index contributed by atoms with van der Waals surface area (Å²) >= 11 is 3.24. The van der Waals surface area contributed by atoms with Gasteiger partial charge in [0.05, 0.1) is 24.3 Å². The summed E-state index contributed by atoms with van der Waals surface area (Å²) in [5.41, 5.74) is 2.36. The van der Waals surface area contributed by atoms with Gasteiger partial charge in [0.1, 0.15) is 4.47 Å². The molecule has 2 heterocycles. The summed E-state index contributed by atoms with van der Waals surface area (Å²) < 4.78 is 2.02. The van der Waals surface area contributed by atoms with Crippen molar-refractivity contribution < 1.29 is 0 Å².